The largest absolute Gasteiger partial charge is 0.416 e. The van der Waals surface area contributed by atoms with Crippen LogP contribution < -0.4 is 5.32 Å². The Hall–Kier alpha value is -2.67. The van der Waals surface area contributed by atoms with E-state index in [9.17, 15) is 18.0 Å². The van der Waals surface area contributed by atoms with Gasteiger partial charge in [0.25, 0.3) is 5.91 Å². The van der Waals surface area contributed by atoms with E-state index in [4.69, 9.17) is 11.6 Å². The fourth-order valence-electron chi connectivity index (χ4n) is 2.56. The predicted octanol–water partition coefficient (Wildman–Crippen LogP) is 4.54. The Labute approximate surface area is 152 Å². The topological polar surface area (TPSA) is 54.9 Å². The van der Waals surface area contributed by atoms with Gasteiger partial charge in [-0.15, -0.1) is 0 Å². The molecule has 0 aliphatic rings. The summed E-state index contributed by atoms with van der Waals surface area (Å²) in [6.07, 6.45) is -2.87. The van der Waals surface area contributed by atoms with E-state index in [1.807, 2.05) is 0 Å². The number of alkyl halides is 3. The number of hydrogen-bond donors (Lipinski definition) is 1. The van der Waals surface area contributed by atoms with Crippen molar-refractivity contribution in [1.29, 1.82) is 0 Å². The van der Waals surface area contributed by atoms with Gasteiger partial charge in [-0.2, -0.15) is 13.2 Å². The summed E-state index contributed by atoms with van der Waals surface area (Å²) in [6, 6.07) is 8.15. The summed E-state index contributed by atoms with van der Waals surface area (Å²) in [5.41, 5.74) is 0.556. The van der Waals surface area contributed by atoms with Crippen molar-refractivity contribution in [3.8, 4) is 0 Å². The highest BCUT2D eigenvalue weighted by Gasteiger charge is 2.30. The van der Waals surface area contributed by atoms with E-state index in [1.165, 1.54) is 12.1 Å². The summed E-state index contributed by atoms with van der Waals surface area (Å²) in [6.45, 7) is 1.56. The van der Waals surface area contributed by atoms with Gasteiger partial charge in [-0.1, -0.05) is 23.7 Å². The van der Waals surface area contributed by atoms with Crippen LogP contribution in [0.3, 0.4) is 0 Å². The fraction of sp³-hybridized carbons (Fsp3) is 0.167. The number of benzene rings is 1. The normalized spacial score (nSPS) is 11.6. The maximum absolute atomic E-state index is 12.8. The lowest BCUT2D eigenvalue weighted by Crippen LogP contribution is -2.24. The Balaban J connectivity index is 1.84. The van der Waals surface area contributed by atoms with Crippen molar-refractivity contribution in [1.82, 2.24) is 15.3 Å². The molecule has 1 aromatic carbocycles. The van der Waals surface area contributed by atoms with E-state index in [1.54, 1.807) is 25.3 Å². The van der Waals surface area contributed by atoms with Crippen molar-refractivity contribution in [3.05, 3.63) is 70.0 Å². The number of aryl methyl sites for hydroxylation is 1. The van der Waals surface area contributed by atoms with E-state index >= 15 is 0 Å². The maximum atomic E-state index is 12.8. The Morgan fingerprint density at radius 1 is 1.23 bits per heavy atom. The summed E-state index contributed by atoms with van der Waals surface area (Å²) in [4.78, 5) is 20.9. The van der Waals surface area contributed by atoms with Crippen LogP contribution in [0.25, 0.3) is 11.0 Å². The molecule has 2 aromatic heterocycles. The average Bonchev–Trinajstić information content (AvgIpc) is 2.59. The average molecular weight is 380 g/mol. The fourth-order valence-corrected chi connectivity index (χ4v) is 2.93. The first-order valence-electron chi connectivity index (χ1n) is 7.62. The SMILES string of the molecule is Cc1nc2ncccc2c(Cl)c1C(=O)NCc1cccc(C(F)(F)F)c1. The van der Waals surface area contributed by atoms with Crippen LogP contribution in [0.1, 0.15) is 27.2 Å². The van der Waals surface area contributed by atoms with Crippen LogP contribution in [0.2, 0.25) is 5.02 Å². The smallest absolute Gasteiger partial charge is 0.348 e. The molecule has 0 saturated carbocycles. The molecule has 0 spiro atoms. The second kappa shape index (κ2) is 6.92. The van der Waals surface area contributed by atoms with Crippen molar-refractivity contribution < 1.29 is 18.0 Å². The highest BCUT2D eigenvalue weighted by atomic mass is 35.5. The van der Waals surface area contributed by atoms with Gasteiger partial charge in [0.2, 0.25) is 0 Å². The minimum atomic E-state index is -4.44. The summed E-state index contributed by atoms with van der Waals surface area (Å²) in [7, 11) is 0. The van der Waals surface area contributed by atoms with Crippen LogP contribution in [0.4, 0.5) is 13.2 Å². The quantitative estimate of drug-likeness (QED) is 0.726. The van der Waals surface area contributed by atoms with Crippen molar-refractivity contribution >= 4 is 28.5 Å². The molecule has 1 amide bonds. The van der Waals surface area contributed by atoms with E-state index in [2.05, 4.69) is 15.3 Å². The number of nitrogens with one attached hydrogen (secondary N) is 1. The van der Waals surface area contributed by atoms with Crippen molar-refractivity contribution in [3.63, 3.8) is 0 Å². The van der Waals surface area contributed by atoms with Gasteiger partial charge in [0.15, 0.2) is 5.65 Å². The summed E-state index contributed by atoms with van der Waals surface area (Å²) >= 11 is 6.32. The zero-order valence-corrected chi connectivity index (χ0v) is 14.3. The number of aromatic nitrogens is 2. The minimum Gasteiger partial charge on any atom is -0.348 e. The molecule has 2 heterocycles. The second-order valence-electron chi connectivity index (χ2n) is 5.64. The van der Waals surface area contributed by atoms with Gasteiger partial charge < -0.3 is 5.32 Å². The number of halogens is 4. The molecule has 134 valence electrons. The van der Waals surface area contributed by atoms with Crippen LogP contribution in [-0.2, 0) is 12.7 Å². The third kappa shape index (κ3) is 3.62. The molecule has 8 heteroatoms. The van der Waals surface area contributed by atoms with Crippen LogP contribution in [0.5, 0.6) is 0 Å². The van der Waals surface area contributed by atoms with Gasteiger partial charge in [0.1, 0.15) is 0 Å². The minimum absolute atomic E-state index is 0.0659. The number of rotatable bonds is 3. The number of carbonyl (C=O) groups is 1. The summed E-state index contributed by atoms with van der Waals surface area (Å²) in [5.74, 6) is -0.511. The number of carbonyl (C=O) groups excluding carboxylic acids is 1. The van der Waals surface area contributed by atoms with E-state index in [0.29, 0.717) is 22.3 Å². The lowest BCUT2D eigenvalue weighted by atomic mass is 10.1. The second-order valence-corrected chi connectivity index (χ2v) is 6.02. The molecule has 0 unspecified atom stereocenters. The molecule has 1 N–H and O–H groups in total. The zero-order valence-electron chi connectivity index (χ0n) is 13.6. The van der Waals surface area contributed by atoms with Gasteiger partial charge in [0, 0.05) is 18.1 Å². The van der Waals surface area contributed by atoms with Gasteiger partial charge in [-0.3, -0.25) is 4.79 Å². The highest BCUT2D eigenvalue weighted by molar-refractivity contribution is 6.38. The third-order valence-corrected chi connectivity index (χ3v) is 4.21. The Morgan fingerprint density at radius 2 is 2.00 bits per heavy atom. The molecule has 3 aromatic rings. The molecule has 4 nitrogen and oxygen atoms in total. The standard InChI is InChI=1S/C18H13ClF3N3O/c1-10-14(15(19)13-6-3-7-23-16(13)25-10)17(26)24-9-11-4-2-5-12(8-11)18(20,21)22/h2-8H,9H2,1H3,(H,24,26). The third-order valence-electron chi connectivity index (χ3n) is 3.81. The Kier molecular flexibility index (Phi) is 4.82. The van der Waals surface area contributed by atoms with E-state index in [-0.39, 0.29) is 17.1 Å². The molecule has 0 aliphatic carbocycles. The first-order valence-corrected chi connectivity index (χ1v) is 8.00. The van der Waals surface area contributed by atoms with Crippen LogP contribution in [0, 0.1) is 6.92 Å². The van der Waals surface area contributed by atoms with Gasteiger partial charge in [0.05, 0.1) is 21.8 Å². The van der Waals surface area contributed by atoms with Crippen molar-refractivity contribution in [2.75, 3.05) is 0 Å². The van der Waals surface area contributed by atoms with Gasteiger partial charge in [-0.05, 0) is 36.8 Å². The highest BCUT2D eigenvalue weighted by Crippen LogP contribution is 2.30. The van der Waals surface area contributed by atoms with E-state index < -0.39 is 17.6 Å². The lowest BCUT2D eigenvalue weighted by molar-refractivity contribution is -0.137. The molecule has 3 rings (SSSR count). The van der Waals surface area contributed by atoms with Crippen LogP contribution in [0.15, 0.2) is 42.6 Å². The molecule has 0 fully saturated rings. The molecule has 0 bridgehead atoms. The van der Waals surface area contributed by atoms with Gasteiger partial charge >= 0.3 is 6.18 Å². The monoisotopic (exact) mass is 379 g/mol. The Bertz CT molecular complexity index is 989. The first-order chi connectivity index (χ1) is 12.3. The molecule has 0 saturated heterocycles. The Morgan fingerprint density at radius 3 is 2.73 bits per heavy atom. The summed E-state index contributed by atoms with van der Waals surface area (Å²) < 4.78 is 38.3. The number of fused-ring (bicyclic) bond motifs is 1. The van der Waals surface area contributed by atoms with Gasteiger partial charge in [-0.25, -0.2) is 9.97 Å². The van der Waals surface area contributed by atoms with Crippen LogP contribution in [-0.4, -0.2) is 15.9 Å². The van der Waals surface area contributed by atoms with Crippen molar-refractivity contribution in [2.24, 2.45) is 0 Å². The number of nitrogens with zero attached hydrogens (tertiary/aromatic N) is 2. The molecule has 0 atom stereocenters. The molecule has 0 radical (unpaired) electrons. The number of pyridine rings is 2. The van der Waals surface area contributed by atoms with E-state index in [0.717, 1.165) is 12.1 Å². The molecular weight excluding hydrogens is 367 g/mol. The molecule has 26 heavy (non-hydrogen) atoms. The zero-order chi connectivity index (χ0) is 18.9. The lowest BCUT2D eigenvalue weighted by Gasteiger charge is -2.12. The first kappa shape index (κ1) is 18.1. The molecular formula is C18H13ClF3N3O. The maximum Gasteiger partial charge on any atom is 0.416 e. The van der Waals surface area contributed by atoms with Crippen molar-refractivity contribution in [2.45, 2.75) is 19.6 Å². The van der Waals surface area contributed by atoms with Crippen LogP contribution >= 0.6 is 11.6 Å². The predicted molar refractivity (Wildman–Crippen MR) is 91.9 cm³/mol. The number of hydrogen-bond acceptors (Lipinski definition) is 3. The molecule has 0 aliphatic heterocycles. The number of amides is 1. The summed E-state index contributed by atoms with van der Waals surface area (Å²) in [5, 5.41) is 3.33.